The fourth-order valence-electron chi connectivity index (χ4n) is 2.44. The van der Waals surface area contributed by atoms with Gasteiger partial charge in [0.1, 0.15) is 11.5 Å². The number of carbonyl (C=O) groups is 1. The maximum atomic E-state index is 11.1. The van der Waals surface area contributed by atoms with Crippen LogP contribution in [0.15, 0.2) is 18.3 Å². The van der Waals surface area contributed by atoms with Gasteiger partial charge < -0.3 is 9.14 Å². The zero-order valence-electron chi connectivity index (χ0n) is 9.80. The standard InChI is InChI=1S/C13H13ClN2O2/c14-10-1-2-12-11(8-17)15-13(16(12)7-10)9-3-5-18-6-4-9/h1-2,7-9H,3-6H2. The van der Waals surface area contributed by atoms with Crippen molar-refractivity contribution in [1.82, 2.24) is 9.38 Å². The van der Waals surface area contributed by atoms with Crippen molar-refractivity contribution in [2.45, 2.75) is 18.8 Å². The van der Waals surface area contributed by atoms with Gasteiger partial charge in [-0.3, -0.25) is 4.79 Å². The van der Waals surface area contributed by atoms with E-state index in [1.165, 1.54) is 0 Å². The highest BCUT2D eigenvalue weighted by atomic mass is 35.5. The molecular weight excluding hydrogens is 252 g/mol. The quantitative estimate of drug-likeness (QED) is 0.784. The van der Waals surface area contributed by atoms with Crippen molar-refractivity contribution in [3.8, 4) is 0 Å². The van der Waals surface area contributed by atoms with E-state index < -0.39 is 0 Å². The van der Waals surface area contributed by atoms with Crippen molar-refractivity contribution in [2.24, 2.45) is 0 Å². The lowest BCUT2D eigenvalue weighted by Gasteiger charge is -2.20. The van der Waals surface area contributed by atoms with Gasteiger partial charge in [-0.05, 0) is 25.0 Å². The van der Waals surface area contributed by atoms with Gasteiger partial charge in [-0.1, -0.05) is 11.6 Å². The molecule has 3 heterocycles. The van der Waals surface area contributed by atoms with Crippen molar-refractivity contribution in [2.75, 3.05) is 13.2 Å². The molecule has 2 aromatic rings. The van der Waals surface area contributed by atoms with Gasteiger partial charge in [0.15, 0.2) is 6.29 Å². The molecule has 0 radical (unpaired) electrons. The number of carbonyl (C=O) groups excluding carboxylic acids is 1. The van der Waals surface area contributed by atoms with E-state index in [1.54, 1.807) is 6.07 Å². The lowest BCUT2D eigenvalue weighted by molar-refractivity contribution is 0.0834. The molecule has 0 N–H and O–H groups in total. The minimum absolute atomic E-state index is 0.332. The third kappa shape index (κ3) is 1.91. The molecule has 5 heteroatoms. The van der Waals surface area contributed by atoms with Gasteiger partial charge in [0, 0.05) is 25.3 Å². The Morgan fingerprint density at radius 1 is 1.39 bits per heavy atom. The third-order valence-corrected chi connectivity index (χ3v) is 3.58. The molecule has 1 fully saturated rings. The zero-order valence-corrected chi connectivity index (χ0v) is 10.6. The van der Waals surface area contributed by atoms with Crippen LogP contribution in [0, 0.1) is 0 Å². The van der Waals surface area contributed by atoms with Crippen LogP contribution < -0.4 is 0 Å². The highest BCUT2D eigenvalue weighted by Gasteiger charge is 2.22. The van der Waals surface area contributed by atoms with Gasteiger partial charge in [0.25, 0.3) is 0 Å². The minimum atomic E-state index is 0.332. The summed E-state index contributed by atoms with van der Waals surface area (Å²) < 4.78 is 7.29. The number of fused-ring (bicyclic) bond motifs is 1. The van der Waals surface area contributed by atoms with E-state index in [-0.39, 0.29) is 0 Å². The molecule has 1 aliphatic heterocycles. The highest BCUT2D eigenvalue weighted by molar-refractivity contribution is 6.30. The first-order valence-electron chi connectivity index (χ1n) is 6.00. The molecule has 1 saturated heterocycles. The molecule has 0 spiro atoms. The molecule has 0 aliphatic carbocycles. The summed E-state index contributed by atoms with van der Waals surface area (Å²) >= 11 is 6.02. The second-order valence-corrected chi connectivity index (χ2v) is 4.90. The molecular formula is C13H13ClN2O2. The fourth-order valence-corrected chi connectivity index (χ4v) is 2.60. The van der Waals surface area contributed by atoms with Crippen molar-refractivity contribution < 1.29 is 9.53 Å². The van der Waals surface area contributed by atoms with Crippen LogP contribution >= 0.6 is 11.6 Å². The number of imidazole rings is 1. The number of hydrogen-bond acceptors (Lipinski definition) is 3. The molecule has 0 unspecified atom stereocenters. The Morgan fingerprint density at radius 3 is 2.89 bits per heavy atom. The monoisotopic (exact) mass is 264 g/mol. The summed E-state index contributed by atoms with van der Waals surface area (Å²) in [5.41, 5.74) is 1.30. The van der Waals surface area contributed by atoms with Crippen LogP contribution in [0.3, 0.4) is 0 Å². The Labute approximate surface area is 110 Å². The van der Waals surface area contributed by atoms with E-state index >= 15 is 0 Å². The summed E-state index contributed by atoms with van der Waals surface area (Å²) in [7, 11) is 0. The molecule has 0 atom stereocenters. The largest absolute Gasteiger partial charge is 0.381 e. The highest BCUT2D eigenvalue weighted by Crippen LogP contribution is 2.28. The molecule has 1 aliphatic rings. The molecule has 18 heavy (non-hydrogen) atoms. The van der Waals surface area contributed by atoms with E-state index in [9.17, 15) is 4.79 Å². The van der Waals surface area contributed by atoms with E-state index in [0.717, 1.165) is 43.7 Å². The number of halogens is 1. The Morgan fingerprint density at radius 2 is 2.17 bits per heavy atom. The van der Waals surface area contributed by atoms with Crippen LogP contribution in [-0.2, 0) is 4.74 Å². The third-order valence-electron chi connectivity index (χ3n) is 3.35. The topological polar surface area (TPSA) is 43.6 Å². The average Bonchev–Trinajstić information content (AvgIpc) is 2.77. The lowest BCUT2D eigenvalue weighted by Crippen LogP contribution is -2.16. The van der Waals surface area contributed by atoms with Crippen LogP contribution in [0.25, 0.3) is 5.52 Å². The lowest BCUT2D eigenvalue weighted by atomic mass is 10.00. The first-order valence-corrected chi connectivity index (χ1v) is 6.38. The second kappa shape index (κ2) is 4.71. The smallest absolute Gasteiger partial charge is 0.170 e. The van der Waals surface area contributed by atoms with Gasteiger partial charge in [-0.2, -0.15) is 0 Å². The molecule has 0 amide bonds. The number of aromatic nitrogens is 2. The maximum Gasteiger partial charge on any atom is 0.170 e. The van der Waals surface area contributed by atoms with Gasteiger partial charge in [0.2, 0.25) is 0 Å². The Balaban J connectivity index is 2.15. The van der Waals surface area contributed by atoms with Crippen LogP contribution in [-0.4, -0.2) is 28.9 Å². The SMILES string of the molecule is O=Cc1nc(C2CCOCC2)n2cc(Cl)ccc12. The summed E-state index contributed by atoms with van der Waals surface area (Å²) in [5.74, 6) is 1.25. The van der Waals surface area contributed by atoms with Gasteiger partial charge in [-0.25, -0.2) is 4.98 Å². The van der Waals surface area contributed by atoms with Crippen molar-refractivity contribution in [3.05, 3.63) is 34.9 Å². The van der Waals surface area contributed by atoms with Gasteiger partial charge in [-0.15, -0.1) is 0 Å². The van der Waals surface area contributed by atoms with E-state index in [2.05, 4.69) is 4.98 Å². The first kappa shape index (κ1) is 11.7. The summed E-state index contributed by atoms with van der Waals surface area (Å²) in [4.78, 5) is 15.5. The van der Waals surface area contributed by atoms with Crippen LogP contribution in [0.1, 0.15) is 35.1 Å². The average molecular weight is 265 g/mol. The Hall–Kier alpha value is -1.39. The summed E-state index contributed by atoms with van der Waals surface area (Å²) in [5, 5.41) is 0.644. The van der Waals surface area contributed by atoms with Crippen molar-refractivity contribution >= 4 is 23.4 Å². The fraction of sp³-hybridized carbons (Fsp3) is 0.385. The van der Waals surface area contributed by atoms with Crippen LogP contribution in [0.5, 0.6) is 0 Å². The number of nitrogens with zero attached hydrogens (tertiary/aromatic N) is 2. The number of hydrogen-bond donors (Lipinski definition) is 0. The molecule has 0 bridgehead atoms. The minimum Gasteiger partial charge on any atom is -0.381 e. The van der Waals surface area contributed by atoms with E-state index in [4.69, 9.17) is 16.3 Å². The molecule has 0 aromatic carbocycles. The summed E-state index contributed by atoms with van der Waals surface area (Å²) in [6, 6.07) is 3.61. The number of rotatable bonds is 2. The van der Waals surface area contributed by atoms with Gasteiger partial charge >= 0.3 is 0 Å². The number of aldehydes is 1. The molecule has 4 nitrogen and oxygen atoms in total. The molecule has 94 valence electrons. The molecule has 2 aromatic heterocycles. The Kier molecular flexibility index (Phi) is 3.06. The second-order valence-electron chi connectivity index (χ2n) is 4.46. The first-order chi connectivity index (χ1) is 8.79. The van der Waals surface area contributed by atoms with Gasteiger partial charge in [0.05, 0.1) is 10.5 Å². The predicted octanol–water partition coefficient (Wildman–Crippen LogP) is 2.69. The summed E-state index contributed by atoms with van der Waals surface area (Å²) in [6.45, 7) is 1.49. The number of ether oxygens (including phenoxy) is 1. The van der Waals surface area contributed by atoms with Crippen LogP contribution in [0.2, 0.25) is 5.02 Å². The molecule has 0 saturated carbocycles. The van der Waals surface area contributed by atoms with E-state index in [1.807, 2.05) is 16.7 Å². The number of pyridine rings is 1. The van der Waals surface area contributed by atoms with Crippen molar-refractivity contribution in [1.29, 1.82) is 0 Å². The zero-order chi connectivity index (χ0) is 12.5. The maximum absolute atomic E-state index is 11.1. The van der Waals surface area contributed by atoms with Crippen LogP contribution in [0.4, 0.5) is 0 Å². The van der Waals surface area contributed by atoms with E-state index in [0.29, 0.717) is 16.6 Å². The molecule has 3 rings (SSSR count). The summed E-state index contributed by atoms with van der Waals surface area (Å²) in [6.07, 6.45) is 4.49. The van der Waals surface area contributed by atoms with Crippen molar-refractivity contribution in [3.63, 3.8) is 0 Å². The normalized spacial score (nSPS) is 17.2. The Bertz CT molecular complexity index is 588. The predicted molar refractivity (Wildman–Crippen MR) is 68.4 cm³/mol.